The van der Waals surface area contributed by atoms with E-state index in [1.807, 2.05) is 43.3 Å². The molecule has 0 radical (unpaired) electrons. The number of anilines is 1. The number of carbonyl (C=O) groups is 1. The van der Waals surface area contributed by atoms with Crippen molar-refractivity contribution in [3.63, 3.8) is 0 Å². The van der Waals surface area contributed by atoms with Crippen molar-refractivity contribution in [1.82, 2.24) is 10.2 Å². The predicted octanol–water partition coefficient (Wildman–Crippen LogP) is 4.46. The molecular formula is C18H23Cl4N3O2. The Labute approximate surface area is 182 Å². The number of halogens is 4. The summed E-state index contributed by atoms with van der Waals surface area (Å²) in [7, 11) is 5.34. The second-order valence-corrected chi connectivity index (χ2v) is 6.60. The van der Waals surface area contributed by atoms with E-state index in [0.717, 1.165) is 5.56 Å². The number of amides is 1. The van der Waals surface area contributed by atoms with E-state index in [1.165, 1.54) is 19.2 Å². The van der Waals surface area contributed by atoms with Crippen LogP contribution in [-0.4, -0.2) is 38.6 Å². The van der Waals surface area contributed by atoms with E-state index in [9.17, 15) is 4.79 Å². The highest BCUT2D eigenvalue weighted by atomic mass is 35.5. The first-order valence-electron chi connectivity index (χ1n) is 7.67. The van der Waals surface area contributed by atoms with Gasteiger partial charge < -0.3 is 20.7 Å². The molecule has 0 bridgehead atoms. The van der Waals surface area contributed by atoms with Gasteiger partial charge in [0.05, 0.1) is 29.4 Å². The van der Waals surface area contributed by atoms with Gasteiger partial charge >= 0.3 is 0 Å². The maximum absolute atomic E-state index is 12.6. The minimum atomic E-state index is -0.294. The minimum absolute atomic E-state index is 0. The van der Waals surface area contributed by atoms with Gasteiger partial charge in [0.1, 0.15) is 5.75 Å². The Morgan fingerprint density at radius 1 is 1.19 bits per heavy atom. The quantitative estimate of drug-likeness (QED) is 0.632. The molecule has 0 aliphatic carbocycles. The molecule has 0 aromatic heterocycles. The summed E-state index contributed by atoms with van der Waals surface area (Å²) in [4.78, 5) is 14.6. The van der Waals surface area contributed by atoms with Gasteiger partial charge in [-0.1, -0.05) is 41.4 Å². The zero-order chi connectivity index (χ0) is 18.6. The molecule has 2 rings (SSSR count). The minimum Gasteiger partial charge on any atom is -0.496 e. The molecule has 2 aromatic carbocycles. The third-order valence-electron chi connectivity index (χ3n) is 3.91. The van der Waals surface area contributed by atoms with Gasteiger partial charge in [0, 0.05) is 17.6 Å². The normalized spacial score (nSPS) is 11.2. The molecule has 0 aliphatic heterocycles. The summed E-state index contributed by atoms with van der Waals surface area (Å²) >= 11 is 12.3. The first-order valence-corrected chi connectivity index (χ1v) is 8.42. The third kappa shape index (κ3) is 6.33. The van der Waals surface area contributed by atoms with Gasteiger partial charge in [-0.2, -0.15) is 0 Å². The number of benzene rings is 2. The van der Waals surface area contributed by atoms with Crippen LogP contribution in [0.25, 0.3) is 0 Å². The van der Waals surface area contributed by atoms with Crippen LogP contribution in [0.15, 0.2) is 36.4 Å². The number of likely N-dealkylation sites (N-methyl/N-ethyl adjacent to an activating group) is 1. The molecule has 2 aromatic rings. The highest BCUT2D eigenvalue weighted by Crippen LogP contribution is 2.29. The van der Waals surface area contributed by atoms with Gasteiger partial charge in [-0.25, -0.2) is 0 Å². The van der Waals surface area contributed by atoms with Gasteiger partial charge in [0.25, 0.3) is 5.91 Å². The Morgan fingerprint density at radius 3 is 2.37 bits per heavy atom. The number of hydrogen-bond donors (Lipinski definition) is 2. The molecule has 0 aliphatic rings. The van der Waals surface area contributed by atoms with E-state index >= 15 is 0 Å². The fraction of sp³-hybridized carbons (Fsp3) is 0.278. The van der Waals surface area contributed by atoms with Gasteiger partial charge in [-0.3, -0.25) is 4.79 Å². The second-order valence-electron chi connectivity index (χ2n) is 5.78. The zero-order valence-corrected chi connectivity index (χ0v) is 18.3. The molecule has 1 unspecified atom stereocenters. The first-order chi connectivity index (χ1) is 11.8. The molecule has 0 saturated heterocycles. The Kier molecular flexibility index (Phi) is 10.9. The van der Waals surface area contributed by atoms with Gasteiger partial charge in [-0.15, -0.1) is 24.8 Å². The van der Waals surface area contributed by atoms with Crippen molar-refractivity contribution < 1.29 is 9.53 Å². The van der Waals surface area contributed by atoms with Crippen molar-refractivity contribution in [2.45, 2.75) is 6.04 Å². The smallest absolute Gasteiger partial charge is 0.255 e. The molecule has 0 spiro atoms. The van der Waals surface area contributed by atoms with E-state index < -0.39 is 0 Å². The number of ether oxygens (including phenoxy) is 1. The third-order valence-corrected chi connectivity index (χ3v) is 4.58. The molecule has 9 heteroatoms. The van der Waals surface area contributed by atoms with Crippen LogP contribution in [0.1, 0.15) is 22.0 Å². The number of carbonyl (C=O) groups excluding carboxylic acids is 1. The van der Waals surface area contributed by atoms with Crippen molar-refractivity contribution in [3.8, 4) is 5.75 Å². The lowest BCUT2D eigenvalue weighted by molar-refractivity contribution is 0.0939. The average molecular weight is 455 g/mol. The van der Waals surface area contributed by atoms with Crippen molar-refractivity contribution in [3.05, 3.63) is 57.6 Å². The van der Waals surface area contributed by atoms with E-state index in [2.05, 4.69) is 5.32 Å². The highest BCUT2D eigenvalue weighted by Gasteiger charge is 2.20. The van der Waals surface area contributed by atoms with Crippen LogP contribution < -0.4 is 15.8 Å². The van der Waals surface area contributed by atoms with Gasteiger partial charge in [0.15, 0.2) is 0 Å². The summed E-state index contributed by atoms with van der Waals surface area (Å²) in [6.45, 7) is 0.376. The van der Waals surface area contributed by atoms with E-state index in [-0.39, 0.29) is 36.8 Å². The Morgan fingerprint density at radius 2 is 1.81 bits per heavy atom. The van der Waals surface area contributed by atoms with Crippen LogP contribution in [0.2, 0.25) is 10.0 Å². The highest BCUT2D eigenvalue weighted by molar-refractivity contribution is 6.33. The van der Waals surface area contributed by atoms with Crippen LogP contribution >= 0.6 is 48.0 Å². The average Bonchev–Trinajstić information content (AvgIpc) is 2.58. The number of nitrogens with one attached hydrogen (secondary N) is 1. The number of methoxy groups -OCH3 is 1. The number of nitrogen functional groups attached to an aromatic ring is 1. The molecule has 1 amide bonds. The fourth-order valence-corrected chi connectivity index (χ4v) is 2.94. The monoisotopic (exact) mass is 453 g/mol. The zero-order valence-electron chi connectivity index (χ0n) is 15.2. The number of rotatable bonds is 6. The van der Waals surface area contributed by atoms with Crippen molar-refractivity contribution in [2.24, 2.45) is 0 Å². The standard InChI is InChI=1S/C18H21Cl2N3O2.2ClH/c1-23(2)16(11-6-4-5-7-13(11)19)10-22-18(24)12-8-14(20)15(21)9-17(12)25-3;;/h4-9,16H,10,21H2,1-3H3,(H,22,24);2*1H. The van der Waals surface area contributed by atoms with E-state index in [4.69, 9.17) is 33.7 Å². The number of nitrogens with two attached hydrogens (primary N) is 1. The van der Waals surface area contributed by atoms with Crippen molar-refractivity contribution in [1.29, 1.82) is 0 Å². The Balaban J connectivity index is 0.00000338. The lowest BCUT2D eigenvalue weighted by Gasteiger charge is -2.26. The summed E-state index contributed by atoms with van der Waals surface area (Å²) in [6.07, 6.45) is 0. The maximum Gasteiger partial charge on any atom is 0.255 e. The lowest BCUT2D eigenvalue weighted by atomic mass is 10.1. The molecule has 150 valence electrons. The van der Waals surface area contributed by atoms with Crippen LogP contribution in [0.5, 0.6) is 5.75 Å². The molecule has 5 nitrogen and oxygen atoms in total. The van der Waals surface area contributed by atoms with Crippen molar-refractivity contribution in [2.75, 3.05) is 33.5 Å². The molecule has 1 atom stereocenters. The molecule has 3 N–H and O–H groups in total. The van der Waals surface area contributed by atoms with Crippen LogP contribution in [0.4, 0.5) is 5.69 Å². The van der Waals surface area contributed by atoms with E-state index in [1.54, 1.807) is 0 Å². The Hall–Kier alpha value is -1.37. The van der Waals surface area contributed by atoms with E-state index in [0.29, 0.717) is 33.6 Å². The number of nitrogens with zero attached hydrogens (tertiary/aromatic N) is 1. The molecule has 27 heavy (non-hydrogen) atoms. The van der Waals surface area contributed by atoms with Crippen molar-refractivity contribution >= 4 is 59.6 Å². The Bertz CT molecular complexity index is 772. The van der Waals surface area contributed by atoms with Gasteiger partial charge in [-0.05, 0) is 31.8 Å². The summed E-state index contributed by atoms with van der Waals surface area (Å²) in [6, 6.07) is 10.5. The largest absolute Gasteiger partial charge is 0.496 e. The maximum atomic E-state index is 12.6. The molecule has 0 saturated carbocycles. The SMILES string of the molecule is COc1cc(N)c(Cl)cc1C(=O)NCC(c1ccccc1Cl)N(C)C.Cl.Cl. The van der Waals surface area contributed by atoms with Crippen LogP contribution in [0, 0.1) is 0 Å². The first kappa shape index (κ1) is 25.6. The lowest BCUT2D eigenvalue weighted by Crippen LogP contribution is -2.34. The van der Waals surface area contributed by atoms with Crippen LogP contribution in [-0.2, 0) is 0 Å². The molecule has 0 fully saturated rings. The summed E-state index contributed by atoms with van der Waals surface area (Å²) < 4.78 is 5.23. The van der Waals surface area contributed by atoms with Crippen LogP contribution in [0.3, 0.4) is 0 Å². The fourth-order valence-electron chi connectivity index (χ4n) is 2.52. The predicted molar refractivity (Wildman–Crippen MR) is 117 cm³/mol. The second kappa shape index (κ2) is 11.5. The summed E-state index contributed by atoms with van der Waals surface area (Å²) in [5.41, 5.74) is 7.39. The number of hydrogen-bond acceptors (Lipinski definition) is 4. The molecular weight excluding hydrogens is 432 g/mol. The summed E-state index contributed by atoms with van der Waals surface area (Å²) in [5, 5.41) is 3.87. The van der Waals surface area contributed by atoms with Gasteiger partial charge in [0.2, 0.25) is 0 Å². The molecule has 0 heterocycles. The topological polar surface area (TPSA) is 67.6 Å². The summed E-state index contributed by atoms with van der Waals surface area (Å²) in [5.74, 6) is 0.0798.